The zero-order valence-electron chi connectivity index (χ0n) is 16.5. The van der Waals surface area contributed by atoms with Gasteiger partial charge in [-0.25, -0.2) is 4.98 Å². The number of hydrogen-bond acceptors (Lipinski definition) is 5. The summed E-state index contributed by atoms with van der Waals surface area (Å²) in [6.45, 7) is 12.3. The Bertz CT molecular complexity index is 505. The Morgan fingerprint density at radius 3 is 2.80 bits per heavy atom. The molecule has 0 amide bonds. The summed E-state index contributed by atoms with van der Waals surface area (Å²) >= 11 is 1.64. The lowest BCUT2D eigenvalue weighted by molar-refractivity contribution is 0.109. The van der Waals surface area contributed by atoms with E-state index in [0.29, 0.717) is 5.92 Å². The van der Waals surface area contributed by atoms with Crippen LogP contribution < -0.4 is 5.32 Å². The summed E-state index contributed by atoms with van der Waals surface area (Å²) in [5.41, 5.74) is 1.04. The maximum absolute atomic E-state index is 5.60. The van der Waals surface area contributed by atoms with Crippen molar-refractivity contribution in [3.63, 3.8) is 0 Å². The number of nitrogens with zero attached hydrogens (tertiary/aromatic N) is 3. The molecule has 1 aromatic rings. The van der Waals surface area contributed by atoms with Gasteiger partial charge in [0.15, 0.2) is 5.96 Å². The molecule has 6 nitrogen and oxygen atoms in total. The number of methoxy groups -OCH3 is 1. The van der Waals surface area contributed by atoms with E-state index in [-0.39, 0.29) is 6.10 Å². The second kappa shape index (κ2) is 12.2. The van der Waals surface area contributed by atoms with Crippen molar-refractivity contribution >= 4 is 17.3 Å². The summed E-state index contributed by atoms with van der Waals surface area (Å²) in [5, 5.41) is 6.44. The van der Waals surface area contributed by atoms with Crippen molar-refractivity contribution in [1.29, 1.82) is 0 Å². The van der Waals surface area contributed by atoms with Gasteiger partial charge in [-0.15, -0.1) is 11.3 Å². The molecule has 0 saturated heterocycles. The lowest BCUT2D eigenvalue weighted by atomic mass is 10.2. The molecular weight excluding hydrogens is 336 g/mol. The van der Waals surface area contributed by atoms with Crippen molar-refractivity contribution in [3.8, 4) is 0 Å². The van der Waals surface area contributed by atoms with Gasteiger partial charge < -0.3 is 19.7 Å². The molecule has 0 aliphatic carbocycles. The lowest BCUT2D eigenvalue weighted by Crippen LogP contribution is -2.38. The second-order valence-electron chi connectivity index (χ2n) is 6.47. The molecule has 0 fully saturated rings. The molecule has 144 valence electrons. The summed E-state index contributed by atoms with van der Waals surface area (Å²) in [5.74, 6) is 1.48. The average Bonchev–Trinajstić information content (AvgIpc) is 3.04. The van der Waals surface area contributed by atoms with E-state index < -0.39 is 0 Å². The first-order chi connectivity index (χ1) is 12.0. The molecule has 1 unspecified atom stereocenters. The minimum Gasteiger partial charge on any atom is -0.381 e. The SMILES string of the molecule is CCNC(=NCCCOCC(C)C)N(C)Cc1csc(C(C)OC)n1. The van der Waals surface area contributed by atoms with Crippen molar-refractivity contribution in [2.24, 2.45) is 10.9 Å². The molecule has 0 aliphatic rings. The fraction of sp³-hybridized carbons (Fsp3) is 0.778. The van der Waals surface area contributed by atoms with Gasteiger partial charge in [0.2, 0.25) is 0 Å². The van der Waals surface area contributed by atoms with Crippen LogP contribution in [-0.2, 0) is 16.0 Å². The monoisotopic (exact) mass is 370 g/mol. The highest BCUT2D eigenvalue weighted by Gasteiger charge is 2.12. The molecule has 0 saturated carbocycles. The molecular formula is C18H34N4O2S. The highest BCUT2D eigenvalue weighted by molar-refractivity contribution is 7.09. The molecule has 0 aliphatic heterocycles. The molecule has 0 spiro atoms. The Morgan fingerprint density at radius 2 is 2.16 bits per heavy atom. The standard InChI is InChI=1S/C18H34N4O2S/c1-7-19-18(20-9-8-10-24-12-14(2)3)22(5)11-16-13-25-17(21-16)15(4)23-6/h13-15H,7-12H2,1-6H3,(H,19,20). The van der Waals surface area contributed by atoms with E-state index in [1.54, 1.807) is 18.4 Å². The van der Waals surface area contributed by atoms with E-state index in [1.807, 2.05) is 14.0 Å². The van der Waals surface area contributed by atoms with E-state index in [1.165, 1.54) is 0 Å². The van der Waals surface area contributed by atoms with Crippen LogP contribution in [0.2, 0.25) is 0 Å². The Morgan fingerprint density at radius 1 is 1.40 bits per heavy atom. The third kappa shape index (κ3) is 8.65. The number of aromatic nitrogens is 1. The van der Waals surface area contributed by atoms with Crippen LogP contribution in [-0.4, -0.2) is 56.3 Å². The van der Waals surface area contributed by atoms with Crippen LogP contribution in [0.15, 0.2) is 10.4 Å². The predicted octanol–water partition coefficient (Wildman–Crippen LogP) is 3.31. The fourth-order valence-corrected chi connectivity index (χ4v) is 2.98. The fourth-order valence-electron chi connectivity index (χ4n) is 2.14. The Hall–Kier alpha value is -1.18. The van der Waals surface area contributed by atoms with E-state index in [9.17, 15) is 0 Å². The van der Waals surface area contributed by atoms with Crippen molar-refractivity contribution in [1.82, 2.24) is 15.2 Å². The summed E-state index contributed by atoms with van der Waals surface area (Å²) in [6.07, 6.45) is 0.971. The highest BCUT2D eigenvalue weighted by Crippen LogP contribution is 2.20. The third-order valence-electron chi connectivity index (χ3n) is 3.53. The van der Waals surface area contributed by atoms with Crippen molar-refractivity contribution in [2.45, 2.75) is 46.8 Å². The van der Waals surface area contributed by atoms with Crippen LogP contribution in [0.4, 0.5) is 0 Å². The number of aliphatic imine (C=N–C) groups is 1. The average molecular weight is 371 g/mol. The van der Waals surface area contributed by atoms with Gasteiger partial charge in [0.25, 0.3) is 0 Å². The molecule has 1 N–H and O–H groups in total. The van der Waals surface area contributed by atoms with Gasteiger partial charge in [-0.3, -0.25) is 4.99 Å². The van der Waals surface area contributed by atoms with Crippen molar-refractivity contribution in [3.05, 3.63) is 16.1 Å². The lowest BCUT2D eigenvalue weighted by Gasteiger charge is -2.21. The topological polar surface area (TPSA) is 59.0 Å². The van der Waals surface area contributed by atoms with Gasteiger partial charge in [-0.05, 0) is 26.2 Å². The first-order valence-corrected chi connectivity index (χ1v) is 9.90. The highest BCUT2D eigenvalue weighted by atomic mass is 32.1. The summed E-state index contributed by atoms with van der Waals surface area (Å²) in [6, 6.07) is 0. The van der Waals surface area contributed by atoms with Crippen LogP contribution >= 0.6 is 11.3 Å². The van der Waals surface area contributed by atoms with Gasteiger partial charge >= 0.3 is 0 Å². The number of nitrogens with one attached hydrogen (secondary N) is 1. The van der Waals surface area contributed by atoms with Gasteiger partial charge in [-0.1, -0.05) is 13.8 Å². The van der Waals surface area contributed by atoms with Gasteiger partial charge in [0.1, 0.15) is 11.1 Å². The minimum atomic E-state index is 0.0387. The first kappa shape index (κ1) is 21.9. The minimum absolute atomic E-state index is 0.0387. The molecule has 25 heavy (non-hydrogen) atoms. The molecule has 1 atom stereocenters. The van der Waals surface area contributed by atoms with Gasteiger partial charge in [-0.2, -0.15) is 0 Å². The smallest absolute Gasteiger partial charge is 0.194 e. The number of ether oxygens (including phenoxy) is 2. The molecule has 0 bridgehead atoms. The largest absolute Gasteiger partial charge is 0.381 e. The van der Waals surface area contributed by atoms with Crippen LogP contribution in [0.5, 0.6) is 0 Å². The quantitative estimate of drug-likeness (QED) is 0.368. The van der Waals surface area contributed by atoms with E-state index >= 15 is 0 Å². The zero-order valence-corrected chi connectivity index (χ0v) is 17.4. The molecule has 1 heterocycles. The van der Waals surface area contributed by atoms with Crippen LogP contribution in [0.1, 0.15) is 50.9 Å². The number of rotatable bonds is 11. The number of thiazole rings is 1. The number of hydrogen-bond donors (Lipinski definition) is 1. The maximum atomic E-state index is 5.60. The molecule has 0 aromatic carbocycles. The van der Waals surface area contributed by atoms with E-state index in [2.05, 4.69) is 46.3 Å². The van der Waals surface area contributed by atoms with Crippen LogP contribution in [0.25, 0.3) is 0 Å². The summed E-state index contributed by atoms with van der Waals surface area (Å²) < 4.78 is 10.9. The normalized spacial score (nSPS) is 13.3. The van der Waals surface area contributed by atoms with Gasteiger partial charge in [0, 0.05) is 45.8 Å². The van der Waals surface area contributed by atoms with Crippen LogP contribution in [0, 0.1) is 5.92 Å². The second-order valence-corrected chi connectivity index (χ2v) is 7.36. The van der Waals surface area contributed by atoms with E-state index in [0.717, 1.165) is 55.9 Å². The van der Waals surface area contributed by atoms with Crippen molar-refractivity contribution in [2.75, 3.05) is 40.5 Å². The predicted molar refractivity (Wildman–Crippen MR) is 105 cm³/mol. The summed E-state index contributed by atoms with van der Waals surface area (Å²) in [7, 11) is 3.74. The number of guanidine groups is 1. The Labute approximate surface area is 156 Å². The summed E-state index contributed by atoms with van der Waals surface area (Å²) in [4.78, 5) is 11.4. The molecule has 1 rings (SSSR count). The molecule has 1 aromatic heterocycles. The third-order valence-corrected chi connectivity index (χ3v) is 4.58. The Kier molecular flexibility index (Phi) is 10.7. The van der Waals surface area contributed by atoms with Crippen LogP contribution in [0.3, 0.4) is 0 Å². The molecule has 7 heteroatoms. The van der Waals surface area contributed by atoms with E-state index in [4.69, 9.17) is 9.47 Å². The zero-order chi connectivity index (χ0) is 18.7. The van der Waals surface area contributed by atoms with Gasteiger partial charge in [0.05, 0.1) is 12.2 Å². The van der Waals surface area contributed by atoms with Crippen molar-refractivity contribution < 1.29 is 9.47 Å². The maximum Gasteiger partial charge on any atom is 0.194 e. The first-order valence-electron chi connectivity index (χ1n) is 9.02. The Balaban J connectivity index is 2.50. The molecule has 0 radical (unpaired) electrons.